The number of likely N-dealkylation sites (N-methyl/N-ethyl adjacent to an activating group) is 2. The van der Waals surface area contributed by atoms with E-state index in [0.717, 1.165) is 12.0 Å². The fourth-order valence-corrected chi connectivity index (χ4v) is 2.20. The van der Waals surface area contributed by atoms with Gasteiger partial charge in [0.2, 0.25) is 5.91 Å². The van der Waals surface area contributed by atoms with E-state index in [1.807, 2.05) is 12.1 Å². The summed E-state index contributed by atoms with van der Waals surface area (Å²) in [6.45, 7) is 4.90. The highest BCUT2D eigenvalue weighted by Crippen LogP contribution is 2.08. The molecule has 0 aliphatic heterocycles. The average Bonchev–Trinajstić information content (AvgIpc) is 2.47. The lowest BCUT2D eigenvalue weighted by molar-refractivity contribution is -0.142. The van der Waals surface area contributed by atoms with E-state index >= 15 is 0 Å². The smallest absolute Gasteiger partial charge is 0.307 e. The Labute approximate surface area is 132 Å². The van der Waals surface area contributed by atoms with Crippen LogP contribution in [-0.4, -0.2) is 54.0 Å². The van der Waals surface area contributed by atoms with Gasteiger partial charge in [0, 0.05) is 20.1 Å². The predicted molar refractivity (Wildman–Crippen MR) is 86.6 cm³/mol. The molecule has 0 heterocycles. The summed E-state index contributed by atoms with van der Waals surface area (Å²) in [5.41, 5.74) is 2.37. The Morgan fingerprint density at radius 3 is 2.18 bits per heavy atom. The summed E-state index contributed by atoms with van der Waals surface area (Å²) < 4.78 is 0. The Bertz CT molecular complexity index is 499. The number of amides is 1. The lowest BCUT2D eigenvalue weighted by Crippen LogP contribution is -2.38. The second kappa shape index (κ2) is 8.54. The van der Waals surface area contributed by atoms with E-state index < -0.39 is 11.9 Å². The third kappa shape index (κ3) is 5.85. The lowest BCUT2D eigenvalue weighted by atomic mass is 10.1. The molecule has 1 amide bonds. The molecule has 0 radical (unpaired) electrons. The summed E-state index contributed by atoms with van der Waals surface area (Å²) in [4.78, 5) is 26.4. The first-order valence-electron chi connectivity index (χ1n) is 7.56. The number of carbonyl (C=O) groups excluding carboxylic acids is 1. The van der Waals surface area contributed by atoms with Crippen LogP contribution in [0.1, 0.15) is 25.0 Å². The zero-order valence-electron chi connectivity index (χ0n) is 13.9. The van der Waals surface area contributed by atoms with Crippen LogP contribution in [0.2, 0.25) is 0 Å². The number of hydrogen-bond donors (Lipinski definition) is 1. The number of carboxylic acids is 1. The minimum absolute atomic E-state index is 0.0142. The average molecular weight is 306 g/mol. The monoisotopic (exact) mass is 306 g/mol. The number of carbonyl (C=O) groups is 2. The summed E-state index contributed by atoms with van der Waals surface area (Å²) in [6.07, 6.45) is 1.00. The Morgan fingerprint density at radius 2 is 1.68 bits per heavy atom. The highest BCUT2D eigenvalue weighted by atomic mass is 16.4. The van der Waals surface area contributed by atoms with Gasteiger partial charge in [-0.15, -0.1) is 0 Å². The second-order valence-electron chi connectivity index (χ2n) is 5.86. The van der Waals surface area contributed by atoms with Crippen molar-refractivity contribution in [1.29, 1.82) is 0 Å². The molecular formula is C17H26N2O3. The van der Waals surface area contributed by atoms with E-state index in [-0.39, 0.29) is 12.5 Å². The number of aryl methyl sites for hydroxylation is 1. The van der Waals surface area contributed by atoms with Crippen molar-refractivity contribution in [2.24, 2.45) is 5.92 Å². The van der Waals surface area contributed by atoms with Crippen LogP contribution in [-0.2, 0) is 22.6 Å². The maximum atomic E-state index is 12.2. The predicted octanol–water partition coefficient (Wildman–Crippen LogP) is 1.86. The number of benzene rings is 1. The fraction of sp³-hybridized carbons (Fsp3) is 0.529. The van der Waals surface area contributed by atoms with Crippen molar-refractivity contribution in [2.75, 3.05) is 27.2 Å². The third-order valence-corrected chi connectivity index (χ3v) is 3.69. The molecule has 5 heteroatoms. The molecule has 5 nitrogen and oxygen atoms in total. The fourth-order valence-electron chi connectivity index (χ4n) is 2.20. The summed E-state index contributed by atoms with van der Waals surface area (Å²) in [5.74, 6) is -1.34. The van der Waals surface area contributed by atoms with Crippen molar-refractivity contribution in [3.63, 3.8) is 0 Å². The molecule has 0 fully saturated rings. The van der Waals surface area contributed by atoms with Crippen molar-refractivity contribution >= 4 is 11.9 Å². The number of carboxylic acid groups (broad SMARTS) is 1. The van der Waals surface area contributed by atoms with Gasteiger partial charge in [0.05, 0.1) is 12.5 Å². The van der Waals surface area contributed by atoms with E-state index in [1.165, 1.54) is 5.56 Å². The standard InChI is InChI=1S/C17H26N2O3/c1-5-14-6-8-15(9-7-14)11-19(4)16(20)12-18(3)10-13(2)17(21)22/h6-9,13H,5,10-12H2,1-4H3,(H,21,22). The van der Waals surface area contributed by atoms with Gasteiger partial charge in [-0.25, -0.2) is 0 Å². The van der Waals surface area contributed by atoms with Gasteiger partial charge in [-0.2, -0.15) is 0 Å². The van der Waals surface area contributed by atoms with Gasteiger partial charge in [0.1, 0.15) is 0 Å². The molecule has 0 spiro atoms. The van der Waals surface area contributed by atoms with Crippen molar-refractivity contribution < 1.29 is 14.7 Å². The van der Waals surface area contributed by atoms with Crippen LogP contribution in [0.4, 0.5) is 0 Å². The maximum Gasteiger partial charge on any atom is 0.307 e. The van der Waals surface area contributed by atoms with Gasteiger partial charge >= 0.3 is 5.97 Å². The van der Waals surface area contributed by atoms with Crippen LogP contribution in [0.5, 0.6) is 0 Å². The topological polar surface area (TPSA) is 60.9 Å². The normalized spacial score (nSPS) is 12.2. The zero-order chi connectivity index (χ0) is 16.7. The van der Waals surface area contributed by atoms with Gasteiger partial charge in [-0.1, -0.05) is 38.1 Å². The van der Waals surface area contributed by atoms with E-state index in [2.05, 4.69) is 19.1 Å². The molecule has 22 heavy (non-hydrogen) atoms. The van der Waals surface area contributed by atoms with Crippen LogP contribution in [0.3, 0.4) is 0 Å². The molecular weight excluding hydrogens is 280 g/mol. The van der Waals surface area contributed by atoms with E-state index in [0.29, 0.717) is 13.1 Å². The largest absolute Gasteiger partial charge is 0.481 e. The van der Waals surface area contributed by atoms with Crippen molar-refractivity contribution in [2.45, 2.75) is 26.8 Å². The van der Waals surface area contributed by atoms with Gasteiger partial charge in [0.25, 0.3) is 0 Å². The number of aliphatic carboxylic acids is 1. The van der Waals surface area contributed by atoms with Crippen LogP contribution < -0.4 is 0 Å². The zero-order valence-corrected chi connectivity index (χ0v) is 13.9. The molecule has 1 aromatic carbocycles. The minimum atomic E-state index is -0.844. The molecule has 0 aliphatic rings. The first-order chi connectivity index (χ1) is 10.3. The van der Waals surface area contributed by atoms with Gasteiger partial charge in [0.15, 0.2) is 0 Å². The van der Waals surface area contributed by atoms with Gasteiger partial charge in [-0.05, 0) is 24.6 Å². The Morgan fingerprint density at radius 1 is 1.14 bits per heavy atom. The summed E-state index contributed by atoms with van der Waals surface area (Å²) in [6, 6.07) is 8.24. The molecule has 1 N–H and O–H groups in total. The van der Waals surface area contributed by atoms with E-state index in [9.17, 15) is 9.59 Å². The highest BCUT2D eigenvalue weighted by molar-refractivity contribution is 5.78. The van der Waals surface area contributed by atoms with Crippen molar-refractivity contribution in [3.05, 3.63) is 35.4 Å². The SMILES string of the molecule is CCc1ccc(CN(C)C(=O)CN(C)CC(C)C(=O)O)cc1. The Balaban J connectivity index is 2.48. The number of hydrogen-bond acceptors (Lipinski definition) is 3. The molecule has 1 aromatic rings. The summed E-state index contributed by atoms with van der Waals surface area (Å²) >= 11 is 0. The van der Waals surface area contributed by atoms with Crippen LogP contribution in [0.25, 0.3) is 0 Å². The summed E-state index contributed by atoms with van der Waals surface area (Å²) in [5, 5.41) is 8.89. The molecule has 0 saturated heterocycles. The Hall–Kier alpha value is -1.88. The molecule has 1 atom stereocenters. The van der Waals surface area contributed by atoms with Crippen LogP contribution >= 0.6 is 0 Å². The Kier molecular flexibility index (Phi) is 7.05. The van der Waals surface area contributed by atoms with Crippen LogP contribution in [0.15, 0.2) is 24.3 Å². The summed E-state index contributed by atoms with van der Waals surface area (Å²) in [7, 11) is 3.53. The number of nitrogens with zero attached hydrogens (tertiary/aromatic N) is 2. The number of rotatable bonds is 8. The molecule has 0 aliphatic carbocycles. The third-order valence-electron chi connectivity index (χ3n) is 3.69. The lowest BCUT2D eigenvalue weighted by Gasteiger charge is -2.23. The molecule has 0 bridgehead atoms. The van der Waals surface area contributed by atoms with E-state index in [4.69, 9.17) is 5.11 Å². The van der Waals surface area contributed by atoms with Crippen molar-refractivity contribution in [1.82, 2.24) is 9.80 Å². The van der Waals surface area contributed by atoms with Crippen LogP contribution in [0, 0.1) is 5.92 Å². The van der Waals surface area contributed by atoms with E-state index in [1.54, 1.807) is 30.8 Å². The van der Waals surface area contributed by atoms with Gasteiger partial charge in [-0.3, -0.25) is 14.5 Å². The first-order valence-corrected chi connectivity index (χ1v) is 7.56. The molecule has 122 valence electrons. The molecule has 0 saturated carbocycles. The second-order valence-corrected chi connectivity index (χ2v) is 5.86. The minimum Gasteiger partial charge on any atom is -0.481 e. The molecule has 1 rings (SSSR count). The highest BCUT2D eigenvalue weighted by Gasteiger charge is 2.17. The quantitative estimate of drug-likeness (QED) is 0.796. The van der Waals surface area contributed by atoms with Gasteiger partial charge < -0.3 is 10.0 Å². The molecule has 1 unspecified atom stereocenters. The molecule has 0 aromatic heterocycles. The maximum absolute atomic E-state index is 12.2. The first kappa shape index (κ1) is 18.2. The van der Waals surface area contributed by atoms with Crippen molar-refractivity contribution in [3.8, 4) is 0 Å².